The Balaban J connectivity index is 1.45. The fourth-order valence-corrected chi connectivity index (χ4v) is 4.01. The molecular weight excluding hydrogens is 260 g/mol. The average molecular weight is 282 g/mol. The van der Waals surface area contributed by atoms with E-state index in [-0.39, 0.29) is 0 Å². The van der Waals surface area contributed by atoms with Crippen molar-refractivity contribution in [3.8, 4) is 0 Å². The Labute approximate surface area is 126 Å². The van der Waals surface area contributed by atoms with E-state index in [1.807, 2.05) is 24.5 Å². The highest BCUT2D eigenvalue weighted by atomic mass is 16.2. The van der Waals surface area contributed by atoms with Crippen LogP contribution in [-0.2, 0) is 4.79 Å². The minimum Gasteiger partial charge on any atom is -0.338 e. The van der Waals surface area contributed by atoms with Crippen LogP contribution in [0.2, 0.25) is 0 Å². The molecule has 3 aliphatic rings. The standard InChI is InChI=1S/C18H22N2O/c21-17(15-3-6-18(12-15)7-8-18)20-11-1-2-16(13-20)14-4-9-19-10-5-14/h2,4-5,9-10,15H,1,3,6-8,11-13H2. The molecule has 0 saturated heterocycles. The smallest absolute Gasteiger partial charge is 0.226 e. The topological polar surface area (TPSA) is 33.2 Å². The lowest BCUT2D eigenvalue weighted by molar-refractivity contribution is -0.134. The zero-order chi connectivity index (χ0) is 14.3. The van der Waals surface area contributed by atoms with Crippen LogP contribution < -0.4 is 0 Å². The van der Waals surface area contributed by atoms with E-state index in [1.165, 1.54) is 30.4 Å². The maximum Gasteiger partial charge on any atom is 0.226 e. The lowest BCUT2D eigenvalue weighted by atomic mass is 9.98. The van der Waals surface area contributed by atoms with Crippen molar-refractivity contribution in [2.75, 3.05) is 13.1 Å². The van der Waals surface area contributed by atoms with E-state index in [0.717, 1.165) is 32.4 Å². The van der Waals surface area contributed by atoms with Crippen LogP contribution in [0.1, 0.15) is 44.1 Å². The van der Waals surface area contributed by atoms with Gasteiger partial charge >= 0.3 is 0 Å². The van der Waals surface area contributed by atoms with Gasteiger partial charge in [-0.15, -0.1) is 0 Å². The van der Waals surface area contributed by atoms with Gasteiger partial charge in [0.15, 0.2) is 0 Å². The molecule has 1 spiro atoms. The molecular formula is C18H22N2O. The van der Waals surface area contributed by atoms with E-state index in [4.69, 9.17) is 0 Å². The number of nitrogens with zero attached hydrogens (tertiary/aromatic N) is 2. The predicted molar refractivity (Wildman–Crippen MR) is 82.4 cm³/mol. The largest absolute Gasteiger partial charge is 0.338 e. The molecule has 21 heavy (non-hydrogen) atoms. The van der Waals surface area contributed by atoms with Crippen molar-refractivity contribution in [3.63, 3.8) is 0 Å². The van der Waals surface area contributed by atoms with Crippen molar-refractivity contribution in [2.45, 2.75) is 38.5 Å². The molecule has 1 atom stereocenters. The van der Waals surface area contributed by atoms with E-state index in [1.54, 1.807) is 0 Å². The first-order valence-corrected chi connectivity index (χ1v) is 8.14. The van der Waals surface area contributed by atoms with E-state index in [9.17, 15) is 4.79 Å². The van der Waals surface area contributed by atoms with Crippen LogP contribution in [0.4, 0.5) is 0 Å². The van der Waals surface area contributed by atoms with Crippen molar-refractivity contribution in [1.29, 1.82) is 0 Å². The summed E-state index contributed by atoms with van der Waals surface area (Å²) in [5.74, 6) is 0.697. The van der Waals surface area contributed by atoms with Gasteiger partial charge in [0.05, 0.1) is 0 Å². The molecule has 4 rings (SSSR count). The average Bonchev–Trinajstić information content (AvgIpc) is 3.17. The van der Waals surface area contributed by atoms with Crippen LogP contribution in [0, 0.1) is 11.3 Å². The van der Waals surface area contributed by atoms with Crippen molar-refractivity contribution >= 4 is 11.5 Å². The Hall–Kier alpha value is -1.64. The first kappa shape index (κ1) is 13.1. The van der Waals surface area contributed by atoms with Crippen molar-refractivity contribution in [2.24, 2.45) is 11.3 Å². The first-order chi connectivity index (χ1) is 10.3. The van der Waals surface area contributed by atoms with Gasteiger partial charge in [0.1, 0.15) is 0 Å². The lowest BCUT2D eigenvalue weighted by Crippen LogP contribution is -2.39. The third kappa shape index (κ3) is 2.50. The normalized spacial score (nSPS) is 26.8. The predicted octanol–water partition coefficient (Wildman–Crippen LogP) is 3.28. The fourth-order valence-electron chi connectivity index (χ4n) is 4.01. The summed E-state index contributed by atoms with van der Waals surface area (Å²) in [6, 6.07) is 4.07. The third-order valence-corrected chi connectivity index (χ3v) is 5.52. The number of aromatic nitrogens is 1. The number of carbonyl (C=O) groups is 1. The van der Waals surface area contributed by atoms with Crippen LogP contribution in [0.5, 0.6) is 0 Å². The lowest BCUT2D eigenvalue weighted by Gasteiger charge is -2.30. The van der Waals surface area contributed by atoms with Gasteiger partial charge in [0.2, 0.25) is 5.91 Å². The molecule has 0 bridgehead atoms. The molecule has 1 aromatic rings. The highest BCUT2D eigenvalue weighted by Gasteiger charge is 2.50. The quantitative estimate of drug-likeness (QED) is 0.834. The van der Waals surface area contributed by atoms with Gasteiger partial charge < -0.3 is 4.90 Å². The van der Waals surface area contributed by atoms with Gasteiger partial charge in [-0.3, -0.25) is 9.78 Å². The van der Waals surface area contributed by atoms with E-state index < -0.39 is 0 Å². The van der Waals surface area contributed by atoms with Gasteiger partial charge in [-0.2, -0.15) is 0 Å². The van der Waals surface area contributed by atoms with Crippen molar-refractivity contribution in [3.05, 3.63) is 36.2 Å². The zero-order valence-corrected chi connectivity index (χ0v) is 12.4. The van der Waals surface area contributed by atoms with Crippen LogP contribution in [0.25, 0.3) is 5.57 Å². The van der Waals surface area contributed by atoms with Crippen LogP contribution in [-0.4, -0.2) is 28.9 Å². The summed E-state index contributed by atoms with van der Waals surface area (Å²) in [6.07, 6.45) is 13.2. The zero-order valence-electron chi connectivity index (χ0n) is 12.4. The second-order valence-corrected chi connectivity index (χ2v) is 6.95. The van der Waals surface area contributed by atoms with Gasteiger partial charge in [0, 0.05) is 31.4 Å². The van der Waals surface area contributed by atoms with E-state index >= 15 is 0 Å². The molecule has 0 N–H and O–H groups in total. The Morgan fingerprint density at radius 2 is 2.05 bits per heavy atom. The summed E-state index contributed by atoms with van der Waals surface area (Å²) in [5.41, 5.74) is 3.06. The number of hydrogen-bond acceptors (Lipinski definition) is 2. The highest BCUT2D eigenvalue weighted by molar-refractivity contribution is 5.82. The monoisotopic (exact) mass is 282 g/mol. The Kier molecular flexibility index (Phi) is 3.09. The SMILES string of the molecule is O=C(C1CCC2(CC2)C1)N1CCC=C(c2ccncc2)C1. The molecule has 1 aliphatic heterocycles. The molecule has 1 unspecified atom stereocenters. The Bertz CT molecular complexity index is 574. The number of rotatable bonds is 2. The fraction of sp³-hybridized carbons (Fsp3) is 0.556. The van der Waals surface area contributed by atoms with E-state index in [0.29, 0.717) is 17.2 Å². The molecule has 2 heterocycles. The summed E-state index contributed by atoms with van der Waals surface area (Å²) in [6.45, 7) is 1.66. The minimum atomic E-state index is 0.296. The maximum absolute atomic E-state index is 12.8. The summed E-state index contributed by atoms with van der Waals surface area (Å²) in [5, 5.41) is 0. The molecule has 1 amide bonds. The van der Waals surface area contributed by atoms with Crippen LogP contribution in [0.15, 0.2) is 30.6 Å². The number of carbonyl (C=O) groups excluding carboxylic acids is 1. The summed E-state index contributed by atoms with van der Waals surface area (Å²) < 4.78 is 0. The summed E-state index contributed by atoms with van der Waals surface area (Å²) in [7, 11) is 0. The molecule has 2 saturated carbocycles. The van der Waals surface area contributed by atoms with Gasteiger partial charge in [-0.05, 0) is 67.2 Å². The first-order valence-electron chi connectivity index (χ1n) is 8.14. The van der Waals surface area contributed by atoms with Crippen LogP contribution >= 0.6 is 0 Å². The molecule has 3 nitrogen and oxygen atoms in total. The Morgan fingerprint density at radius 3 is 2.76 bits per heavy atom. The van der Waals surface area contributed by atoms with E-state index in [2.05, 4.69) is 16.0 Å². The number of amides is 1. The van der Waals surface area contributed by atoms with Crippen LogP contribution in [0.3, 0.4) is 0 Å². The van der Waals surface area contributed by atoms with Gasteiger partial charge in [-0.25, -0.2) is 0 Å². The maximum atomic E-state index is 12.8. The second-order valence-electron chi connectivity index (χ2n) is 6.95. The molecule has 110 valence electrons. The number of hydrogen-bond donors (Lipinski definition) is 0. The van der Waals surface area contributed by atoms with Crippen molar-refractivity contribution < 1.29 is 4.79 Å². The molecule has 0 radical (unpaired) electrons. The molecule has 2 aliphatic carbocycles. The second kappa shape index (κ2) is 4.97. The van der Waals surface area contributed by atoms with Gasteiger partial charge in [0.25, 0.3) is 0 Å². The highest BCUT2D eigenvalue weighted by Crippen LogP contribution is 2.59. The molecule has 2 fully saturated rings. The summed E-state index contributed by atoms with van der Waals surface area (Å²) >= 11 is 0. The number of pyridine rings is 1. The molecule has 3 heteroatoms. The van der Waals surface area contributed by atoms with Crippen molar-refractivity contribution in [1.82, 2.24) is 9.88 Å². The third-order valence-electron chi connectivity index (χ3n) is 5.52. The molecule has 0 aromatic carbocycles. The van der Waals surface area contributed by atoms with Gasteiger partial charge in [-0.1, -0.05) is 6.08 Å². The minimum absolute atomic E-state index is 0.296. The summed E-state index contributed by atoms with van der Waals surface area (Å²) in [4.78, 5) is 18.9. The Morgan fingerprint density at radius 1 is 1.24 bits per heavy atom. The molecule has 1 aromatic heterocycles.